The van der Waals surface area contributed by atoms with Gasteiger partial charge in [-0.3, -0.25) is 14.9 Å². The topological polar surface area (TPSA) is 113 Å². The predicted octanol–water partition coefficient (Wildman–Crippen LogP) is 1.28. The fraction of sp³-hybridized carbons (Fsp3) is 0.273. The summed E-state index contributed by atoms with van der Waals surface area (Å²) in [5, 5.41) is 29.1. The van der Waals surface area contributed by atoms with Crippen molar-refractivity contribution in [1.82, 2.24) is 0 Å². The second-order valence-electron chi connectivity index (χ2n) is 3.32. The van der Waals surface area contributed by atoms with Crippen LogP contribution in [0.3, 0.4) is 0 Å². The van der Waals surface area contributed by atoms with Gasteiger partial charge in [-0.05, 0) is 13.0 Å². The molecule has 0 radical (unpaired) electrons. The number of esters is 1. The highest BCUT2D eigenvalue weighted by Crippen LogP contribution is 2.33. The normalized spacial score (nSPS) is 9.56. The molecule has 18 heavy (non-hydrogen) atoms. The number of carbonyl (C=O) groups excluding carboxylic acids is 1. The molecule has 0 aliphatic carbocycles. The molecule has 0 unspecified atom stereocenters. The molecule has 0 amide bonds. The lowest BCUT2D eigenvalue weighted by Crippen LogP contribution is -2.08. The second-order valence-corrected chi connectivity index (χ2v) is 3.32. The molecule has 0 aromatic heterocycles. The Kier molecular flexibility index (Phi) is 4.21. The minimum absolute atomic E-state index is 0.0548. The van der Waals surface area contributed by atoms with Crippen molar-refractivity contribution in [2.75, 3.05) is 6.61 Å². The van der Waals surface area contributed by atoms with E-state index in [1.54, 1.807) is 13.0 Å². The fourth-order valence-corrected chi connectivity index (χ4v) is 1.41. The number of hydrogen-bond acceptors (Lipinski definition) is 6. The van der Waals surface area contributed by atoms with Crippen LogP contribution in [0.15, 0.2) is 12.1 Å². The van der Waals surface area contributed by atoms with E-state index in [1.165, 1.54) is 12.1 Å². The summed E-state index contributed by atoms with van der Waals surface area (Å²) in [4.78, 5) is 21.1. The number of aromatic hydroxyl groups is 1. The molecule has 0 aliphatic rings. The standard InChI is InChI=1S/C11H10N2O5/c1-2-18-9(14)5-7-3-4-8(6-12)10(11(7)15)13(16)17/h3-4,15H,2,5H2,1H3. The van der Waals surface area contributed by atoms with E-state index < -0.39 is 22.3 Å². The zero-order valence-corrected chi connectivity index (χ0v) is 9.54. The molecule has 1 aromatic carbocycles. The summed E-state index contributed by atoms with van der Waals surface area (Å²) in [5.41, 5.74) is -0.899. The van der Waals surface area contributed by atoms with Gasteiger partial charge in [0, 0.05) is 5.56 Å². The quantitative estimate of drug-likeness (QED) is 0.489. The van der Waals surface area contributed by atoms with Gasteiger partial charge in [0.25, 0.3) is 0 Å². The van der Waals surface area contributed by atoms with Crippen molar-refractivity contribution in [3.8, 4) is 11.8 Å². The van der Waals surface area contributed by atoms with Crippen molar-refractivity contribution in [1.29, 1.82) is 5.26 Å². The van der Waals surface area contributed by atoms with Crippen LogP contribution >= 0.6 is 0 Å². The molecule has 0 aliphatic heterocycles. The maximum Gasteiger partial charge on any atom is 0.328 e. The number of nitrogens with zero attached hydrogens (tertiary/aromatic N) is 2. The Balaban J connectivity index is 3.17. The Hall–Kier alpha value is -2.62. The Morgan fingerprint density at radius 2 is 2.28 bits per heavy atom. The maximum absolute atomic E-state index is 11.2. The Morgan fingerprint density at radius 3 is 2.78 bits per heavy atom. The Labute approximate surface area is 102 Å². The monoisotopic (exact) mass is 250 g/mol. The molecule has 0 bridgehead atoms. The molecule has 7 nitrogen and oxygen atoms in total. The van der Waals surface area contributed by atoms with E-state index in [1.807, 2.05) is 0 Å². The SMILES string of the molecule is CCOC(=O)Cc1ccc(C#N)c([N+](=O)[O-])c1O. The molecule has 7 heteroatoms. The first-order chi connectivity index (χ1) is 8.51. The van der Waals surface area contributed by atoms with E-state index in [2.05, 4.69) is 4.74 Å². The van der Waals surface area contributed by atoms with Gasteiger partial charge in [0.1, 0.15) is 11.6 Å². The largest absolute Gasteiger partial charge is 0.502 e. The van der Waals surface area contributed by atoms with Crippen molar-refractivity contribution in [3.05, 3.63) is 33.4 Å². The van der Waals surface area contributed by atoms with Crippen LogP contribution in [-0.4, -0.2) is 22.6 Å². The van der Waals surface area contributed by atoms with Gasteiger partial charge in [0.05, 0.1) is 18.0 Å². The van der Waals surface area contributed by atoms with Gasteiger partial charge in [-0.2, -0.15) is 5.26 Å². The molecule has 1 aromatic rings. The van der Waals surface area contributed by atoms with Gasteiger partial charge in [0.15, 0.2) is 5.75 Å². The van der Waals surface area contributed by atoms with Crippen LogP contribution in [-0.2, 0) is 16.0 Å². The Bertz CT molecular complexity index is 533. The molecule has 0 spiro atoms. The highest BCUT2D eigenvalue weighted by Gasteiger charge is 2.24. The van der Waals surface area contributed by atoms with Crippen LogP contribution in [0.25, 0.3) is 0 Å². The van der Waals surface area contributed by atoms with E-state index in [9.17, 15) is 20.0 Å². The fourth-order valence-electron chi connectivity index (χ4n) is 1.41. The number of phenols is 1. The zero-order chi connectivity index (χ0) is 13.7. The molecule has 0 saturated heterocycles. The van der Waals surface area contributed by atoms with E-state index >= 15 is 0 Å². The first-order valence-corrected chi connectivity index (χ1v) is 5.06. The molecule has 94 valence electrons. The number of carbonyl (C=O) groups is 1. The number of ether oxygens (including phenoxy) is 1. The predicted molar refractivity (Wildman–Crippen MR) is 59.8 cm³/mol. The number of nitro groups is 1. The van der Waals surface area contributed by atoms with Crippen LogP contribution in [0, 0.1) is 21.4 Å². The number of phenolic OH excluding ortho intramolecular Hbond substituents is 1. The van der Waals surface area contributed by atoms with Gasteiger partial charge in [-0.25, -0.2) is 0 Å². The lowest BCUT2D eigenvalue weighted by molar-refractivity contribution is -0.386. The summed E-state index contributed by atoms with van der Waals surface area (Å²) < 4.78 is 4.67. The molecule has 1 N–H and O–H groups in total. The third-order valence-corrected chi connectivity index (χ3v) is 2.18. The van der Waals surface area contributed by atoms with Gasteiger partial charge >= 0.3 is 11.7 Å². The zero-order valence-electron chi connectivity index (χ0n) is 9.54. The molecule has 1 rings (SSSR count). The number of hydrogen-bond donors (Lipinski definition) is 1. The number of nitro benzene ring substituents is 1. The van der Waals surface area contributed by atoms with Crippen LogP contribution in [0.1, 0.15) is 18.1 Å². The minimum atomic E-state index is -0.859. The van der Waals surface area contributed by atoms with Crippen molar-refractivity contribution in [2.24, 2.45) is 0 Å². The van der Waals surface area contributed by atoms with E-state index in [0.29, 0.717) is 0 Å². The van der Waals surface area contributed by atoms with Gasteiger partial charge in [0.2, 0.25) is 0 Å². The maximum atomic E-state index is 11.2. The summed E-state index contributed by atoms with van der Waals surface area (Å²) in [6.07, 6.45) is -0.285. The molecular formula is C11H10N2O5. The highest BCUT2D eigenvalue weighted by molar-refractivity contribution is 5.75. The van der Waals surface area contributed by atoms with Crippen molar-refractivity contribution in [3.63, 3.8) is 0 Å². The van der Waals surface area contributed by atoms with Gasteiger partial charge in [-0.1, -0.05) is 6.07 Å². The smallest absolute Gasteiger partial charge is 0.328 e. The summed E-state index contributed by atoms with van der Waals surface area (Å²) in [5.74, 6) is -1.28. The first-order valence-electron chi connectivity index (χ1n) is 5.06. The van der Waals surface area contributed by atoms with Crippen LogP contribution < -0.4 is 0 Å². The van der Waals surface area contributed by atoms with Crippen LogP contribution in [0.2, 0.25) is 0 Å². The molecule has 0 atom stereocenters. The molecule has 0 heterocycles. The molecule has 0 fully saturated rings. The summed E-state index contributed by atoms with van der Waals surface area (Å²) >= 11 is 0. The lowest BCUT2D eigenvalue weighted by atomic mass is 10.1. The van der Waals surface area contributed by atoms with Crippen molar-refractivity contribution in [2.45, 2.75) is 13.3 Å². The Morgan fingerprint density at radius 1 is 1.61 bits per heavy atom. The van der Waals surface area contributed by atoms with Crippen molar-refractivity contribution >= 4 is 11.7 Å². The average Bonchev–Trinajstić information content (AvgIpc) is 2.31. The third kappa shape index (κ3) is 2.74. The van der Waals surface area contributed by atoms with Gasteiger partial charge < -0.3 is 9.84 Å². The number of benzene rings is 1. The highest BCUT2D eigenvalue weighted by atomic mass is 16.6. The van der Waals surface area contributed by atoms with Crippen molar-refractivity contribution < 1.29 is 19.6 Å². The summed E-state index contributed by atoms with van der Waals surface area (Å²) in [6, 6.07) is 4.08. The van der Waals surface area contributed by atoms with Crippen LogP contribution in [0.5, 0.6) is 5.75 Å². The third-order valence-electron chi connectivity index (χ3n) is 2.18. The number of nitriles is 1. The first kappa shape index (κ1) is 13.4. The number of rotatable bonds is 4. The lowest BCUT2D eigenvalue weighted by Gasteiger charge is -2.05. The van der Waals surface area contributed by atoms with E-state index in [0.717, 1.165) is 0 Å². The molecular weight excluding hydrogens is 240 g/mol. The second kappa shape index (κ2) is 5.63. The van der Waals surface area contributed by atoms with Crippen LogP contribution in [0.4, 0.5) is 5.69 Å². The minimum Gasteiger partial charge on any atom is -0.502 e. The van der Waals surface area contributed by atoms with E-state index in [-0.39, 0.29) is 24.2 Å². The average molecular weight is 250 g/mol. The molecule has 0 saturated carbocycles. The summed E-state index contributed by atoms with van der Waals surface area (Å²) in [7, 11) is 0. The van der Waals surface area contributed by atoms with Gasteiger partial charge in [-0.15, -0.1) is 0 Å². The summed E-state index contributed by atoms with van der Waals surface area (Å²) in [6.45, 7) is 1.80. The van der Waals surface area contributed by atoms with E-state index in [4.69, 9.17) is 5.26 Å².